The second-order valence-electron chi connectivity index (χ2n) is 2.50. The summed E-state index contributed by atoms with van der Waals surface area (Å²) < 4.78 is 4.83. The minimum Gasteiger partial charge on any atom is -0.408 e. The molecule has 0 aliphatic heterocycles. The van der Waals surface area contributed by atoms with Crippen molar-refractivity contribution in [2.24, 2.45) is 0 Å². The number of hydrogen-bond acceptors (Lipinski definition) is 3. The fourth-order valence-corrected chi connectivity index (χ4v) is 1.29. The molecule has 0 spiro atoms. The zero-order valence-electron chi connectivity index (χ0n) is 6.20. The van der Waals surface area contributed by atoms with Gasteiger partial charge in [0.25, 0.3) is 0 Å². The Morgan fingerprint density at radius 3 is 3.08 bits per heavy atom. The molecule has 2 aromatic rings. The molecule has 0 saturated heterocycles. The number of oxazole rings is 1. The average Bonchev–Trinajstić information content (AvgIpc) is 2.43. The van der Waals surface area contributed by atoms with E-state index in [0.717, 1.165) is 11.1 Å². The van der Waals surface area contributed by atoms with E-state index in [1.165, 1.54) is 0 Å². The van der Waals surface area contributed by atoms with E-state index in [2.05, 4.69) is 17.6 Å². The first-order valence-corrected chi connectivity index (χ1v) is 4.15. The Bertz CT molecular complexity index is 457. The van der Waals surface area contributed by atoms with Crippen LogP contribution in [0.5, 0.6) is 0 Å². The normalized spacial score (nSPS) is 10.8. The first-order valence-electron chi connectivity index (χ1n) is 3.52. The number of hydrogen-bond donors (Lipinski definition) is 2. The largest absolute Gasteiger partial charge is 0.417 e. The third kappa shape index (κ3) is 1.14. The van der Waals surface area contributed by atoms with Crippen molar-refractivity contribution in [3.63, 3.8) is 0 Å². The number of aromatic amines is 1. The third-order valence-electron chi connectivity index (χ3n) is 1.67. The van der Waals surface area contributed by atoms with Crippen LogP contribution in [-0.4, -0.2) is 4.98 Å². The molecule has 1 aromatic carbocycles. The van der Waals surface area contributed by atoms with Crippen LogP contribution in [0, 0.1) is 0 Å². The highest BCUT2D eigenvalue weighted by Crippen LogP contribution is 2.13. The molecule has 0 aliphatic carbocycles. The van der Waals surface area contributed by atoms with Crippen LogP contribution in [0.3, 0.4) is 0 Å². The van der Waals surface area contributed by atoms with Crippen molar-refractivity contribution >= 4 is 23.7 Å². The van der Waals surface area contributed by atoms with E-state index in [0.29, 0.717) is 11.3 Å². The molecule has 1 heterocycles. The maximum absolute atomic E-state index is 10.7. The molecule has 4 heteroatoms. The van der Waals surface area contributed by atoms with Gasteiger partial charge in [-0.15, -0.1) is 0 Å². The third-order valence-corrected chi connectivity index (χ3v) is 2.03. The second kappa shape index (κ2) is 2.71. The zero-order chi connectivity index (χ0) is 8.55. The van der Waals surface area contributed by atoms with Gasteiger partial charge in [0.2, 0.25) is 0 Å². The highest BCUT2D eigenvalue weighted by molar-refractivity contribution is 7.79. The number of aromatic nitrogens is 1. The van der Waals surface area contributed by atoms with Crippen molar-refractivity contribution in [3.05, 3.63) is 34.3 Å². The van der Waals surface area contributed by atoms with Crippen molar-refractivity contribution in [1.82, 2.24) is 4.98 Å². The minimum absolute atomic E-state index is 0.415. The van der Waals surface area contributed by atoms with E-state index in [9.17, 15) is 4.79 Å². The summed E-state index contributed by atoms with van der Waals surface area (Å²) in [4.78, 5) is 13.3. The molecule has 0 atom stereocenters. The molecule has 0 fully saturated rings. The van der Waals surface area contributed by atoms with E-state index in [1.54, 1.807) is 6.07 Å². The lowest BCUT2D eigenvalue weighted by atomic mass is 10.2. The number of nitrogens with one attached hydrogen (secondary N) is 1. The molecular weight excluding hydrogens is 174 g/mol. The monoisotopic (exact) mass is 181 g/mol. The van der Waals surface area contributed by atoms with Gasteiger partial charge in [0.05, 0.1) is 5.52 Å². The van der Waals surface area contributed by atoms with Crippen LogP contribution in [0.2, 0.25) is 0 Å². The van der Waals surface area contributed by atoms with Gasteiger partial charge in [-0.2, -0.15) is 12.6 Å². The van der Waals surface area contributed by atoms with E-state index in [1.807, 2.05) is 12.1 Å². The summed E-state index contributed by atoms with van der Waals surface area (Å²) >= 11 is 4.12. The number of rotatable bonds is 1. The van der Waals surface area contributed by atoms with Gasteiger partial charge in [-0.3, -0.25) is 4.98 Å². The molecule has 0 aliphatic rings. The summed E-state index contributed by atoms with van der Waals surface area (Å²) in [7, 11) is 0. The maximum Gasteiger partial charge on any atom is 0.417 e. The Morgan fingerprint density at radius 1 is 1.50 bits per heavy atom. The van der Waals surface area contributed by atoms with Crippen LogP contribution in [-0.2, 0) is 5.75 Å². The Balaban J connectivity index is 2.74. The fourth-order valence-electron chi connectivity index (χ4n) is 1.10. The summed E-state index contributed by atoms with van der Waals surface area (Å²) in [6, 6.07) is 5.50. The summed E-state index contributed by atoms with van der Waals surface area (Å²) in [5.74, 6) is 0.240. The topological polar surface area (TPSA) is 46.0 Å². The van der Waals surface area contributed by atoms with Crippen LogP contribution in [0.1, 0.15) is 5.56 Å². The van der Waals surface area contributed by atoms with Gasteiger partial charge >= 0.3 is 5.76 Å². The molecule has 0 radical (unpaired) electrons. The molecule has 1 aromatic heterocycles. The summed E-state index contributed by atoms with van der Waals surface area (Å²) in [6.45, 7) is 0. The van der Waals surface area contributed by atoms with Gasteiger partial charge in [0.15, 0.2) is 5.58 Å². The van der Waals surface area contributed by atoms with Crippen LogP contribution in [0.25, 0.3) is 11.1 Å². The highest BCUT2D eigenvalue weighted by Gasteiger charge is 1.99. The molecule has 0 unspecified atom stereocenters. The summed E-state index contributed by atoms with van der Waals surface area (Å²) in [5.41, 5.74) is 2.37. The predicted octanol–water partition coefficient (Wildman–Crippen LogP) is 1.55. The highest BCUT2D eigenvalue weighted by atomic mass is 32.1. The van der Waals surface area contributed by atoms with E-state index < -0.39 is 5.76 Å². The Kier molecular flexibility index (Phi) is 1.69. The lowest BCUT2D eigenvalue weighted by Gasteiger charge is -1.92. The van der Waals surface area contributed by atoms with Crippen molar-refractivity contribution in [3.8, 4) is 0 Å². The molecule has 0 amide bonds. The SMILES string of the molecule is O=c1[nH]c2cc(CS)ccc2o1. The van der Waals surface area contributed by atoms with Gasteiger partial charge in [0.1, 0.15) is 0 Å². The quantitative estimate of drug-likeness (QED) is 0.656. The minimum atomic E-state index is -0.415. The van der Waals surface area contributed by atoms with Crippen LogP contribution in [0.15, 0.2) is 27.4 Å². The number of benzene rings is 1. The summed E-state index contributed by atoms with van der Waals surface area (Å²) in [6.07, 6.45) is 0. The molecule has 3 nitrogen and oxygen atoms in total. The Labute approximate surface area is 73.8 Å². The predicted molar refractivity (Wildman–Crippen MR) is 49.5 cm³/mol. The van der Waals surface area contributed by atoms with Gasteiger partial charge in [-0.05, 0) is 17.7 Å². The smallest absolute Gasteiger partial charge is 0.408 e. The Hall–Kier alpha value is -1.16. The molecule has 0 bridgehead atoms. The lowest BCUT2D eigenvalue weighted by molar-refractivity contribution is 0.555. The first kappa shape index (κ1) is 7.49. The van der Waals surface area contributed by atoms with Gasteiger partial charge in [-0.1, -0.05) is 6.07 Å². The van der Waals surface area contributed by atoms with Crippen molar-refractivity contribution in [1.29, 1.82) is 0 Å². The lowest BCUT2D eigenvalue weighted by Crippen LogP contribution is -1.92. The molecule has 62 valence electrons. The zero-order valence-corrected chi connectivity index (χ0v) is 7.10. The van der Waals surface area contributed by atoms with Gasteiger partial charge in [-0.25, -0.2) is 4.79 Å². The van der Waals surface area contributed by atoms with Crippen molar-refractivity contribution < 1.29 is 4.42 Å². The number of fused-ring (bicyclic) bond motifs is 1. The van der Waals surface area contributed by atoms with E-state index in [4.69, 9.17) is 4.42 Å². The molecule has 1 N–H and O–H groups in total. The van der Waals surface area contributed by atoms with Crippen molar-refractivity contribution in [2.45, 2.75) is 5.75 Å². The van der Waals surface area contributed by atoms with Crippen LogP contribution < -0.4 is 5.76 Å². The average molecular weight is 181 g/mol. The molecule has 0 saturated carbocycles. The van der Waals surface area contributed by atoms with Gasteiger partial charge < -0.3 is 4.42 Å². The molecule has 12 heavy (non-hydrogen) atoms. The Morgan fingerprint density at radius 2 is 2.33 bits per heavy atom. The standard InChI is InChI=1S/C8H7NO2S/c10-8-9-6-3-5(4-12)1-2-7(6)11-8/h1-3,12H,4H2,(H,9,10). The first-order chi connectivity index (χ1) is 5.79. The second-order valence-corrected chi connectivity index (χ2v) is 2.82. The maximum atomic E-state index is 10.7. The number of H-pyrrole nitrogens is 1. The fraction of sp³-hybridized carbons (Fsp3) is 0.125. The van der Waals surface area contributed by atoms with Crippen LogP contribution >= 0.6 is 12.6 Å². The molecule has 2 rings (SSSR count). The van der Waals surface area contributed by atoms with Gasteiger partial charge in [0, 0.05) is 5.75 Å². The summed E-state index contributed by atoms with van der Waals surface area (Å²) in [5, 5.41) is 0. The van der Waals surface area contributed by atoms with E-state index in [-0.39, 0.29) is 0 Å². The number of thiol groups is 1. The van der Waals surface area contributed by atoms with Crippen molar-refractivity contribution in [2.75, 3.05) is 0 Å². The molecular formula is C8H7NO2S. The van der Waals surface area contributed by atoms with Crippen LogP contribution in [0.4, 0.5) is 0 Å². The van der Waals surface area contributed by atoms with E-state index >= 15 is 0 Å².